The molecule has 0 aliphatic carbocycles. The number of rotatable bonds is 6. The summed E-state index contributed by atoms with van der Waals surface area (Å²) < 4.78 is 0. The summed E-state index contributed by atoms with van der Waals surface area (Å²) in [5.74, 6) is 0.392. The third-order valence-electron chi connectivity index (χ3n) is 2.00. The highest BCUT2D eigenvalue weighted by molar-refractivity contribution is 5.83. The van der Waals surface area contributed by atoms with Gasteiger partial charge in [-0.05, 0) is 5.92 Å². The molecule has 0 heterocycles. The second kappa shape index (κ2) is 7.91. The molecule has 0 radical (unpaired) electrons. The van der Waals surface area contributed by atoms with E-state index in [4.69, 9.17) is 0 Å². The van der Waals surface area contributed by atoms with E-state index >= 15 is 0 Å². The minimum atomic E-state index is -0.0800. The monoisotopic (exact) mass is 226 g/mol. The smallest absolute Gasteiger partial charge is 0.222 e. The quantitative estimate of drug-likeness (QED) is 0.691. The van der Waals surface area contributed by atoms with Gasteiger partial charge < -0.3 is 10.2 Å². The van der Waals surface area contributed by atoms with E-state index in [1.807, 2.05) is 12.2 Å². The van der Waals surface area contributed by atoms with Gasteiger partial charge >= 0.3 is 0 Å². The molecule has 4 nitrogen and oxygen atoms in total. The summed E-state index contributed by atoms with van der Waals surface area (Å²) >= 11 is 0. The van der Waals surface area contributed by atoms with Crippen molar-refractivity contribution in [3.8, 4) is 0 Å². The Hall–Kier alpha value is -1.32. The van der Waals surface area contributed by atoms with Gasteiger partial charge in [-0.3, -0.25) is 9.59 Å². The highest BCUT2D eigenvalue weighted by Gasteiger charge is 2.07. The Labute approximate surface area is 97.7 Å². The number of carbonyl (C=O) groups excluding carboxylic acids is 2. The first kappa shape index (κ1) is 14.7. The van der Waals surface area contributed by atoms with Crippen LogP contribution in [0.25, 0.3) is 0 Å². The molecule has 0 aromatic rings. The van der Waals surface area contributed by atoms with Crippen LogP contribution in [0.4, 0.5) is 0 Å². The average Bonchev–Trinajstić information content (AvgIpc) is 2.20. The van der Waals surface area contributed by atoms with Gasteiger partial charge in [0.25, 0.3) is 0 Å². The lowest BCUT2D eigenvalue weighted by Crippen LogP contribution is -2.27. The van der Waals surface area contributed by atoms with Crippen molar-refractivity contribution >= 4 is 11.8 Å². The highest BCUT2D eigenvalue weighted by atomic mass is 16.2. The van der Waals surface area contributed by atoms with Gasteiger partial charge in [0.05, 0.1) is 0 Å². The van der Waals surface area contributed by atoms with E-state index in [9.17, 15) is 9.59 Å². The maximum absolute atomic E-state index is 11.3. The lowest BCUT2D eigenvalue weighted by molar-refractivity contribution is -0.131. The summed E-state index contributed by atoms with van der Waals surface area (Å²) in [6.45, 7) is 4.69. The van der Waals surface area contributed by atoms with Crippen molar-refractivity contribution in [1.29, 1.82) is 0 Å². The van der Waals surface area contributed by atoms with Crippen LogP contribution in [0.1, 0.15) is 26.7 Å². The number of nitrogens with zero attached hydrogens (tertiary/aromatic N) is 1. The van der Waals surface area contributed by atoms with Crippen LogP contribution in [0.3, 0.4) is 0 Å². The third-order valence-corrected chi connectivity index (χ3v) is 2.00. The van der Waals surface area contributed by atoms with Crippen molar-refractivity contribution in [1.82, 2.24) is 10.2 Å². The van der Waals surface area contributed by atoms with E-state index in [0.717, 1.165) is 0 Å². The average molecular weight is 226 g/mol. The van der Waals surface area contributed by atoms with E-state index in [2.05, 4.69) is 19.2 Å². The van der Waals surface area contributed by atoms with E-state index in [1.54, 1.807) is 14.1 Å². The lowest BCUT2D eigenvalue weighted by Gasteiger charge is -2.09. The molecule has 16 heavy (non-hydrogen) atoms. The molecule has 0 aliphatic heterocycles. The molecule has 0 bridgehead atoms. The van der Waals surface area contributed by atoms with Crippen molar-refractivity contribution in [2.24, 2.45) is 5.92 Å². The van der Waals surface area contributed by atoms with E-state index < -0.39 is 0 Å². The van der Waals surface area contributed by atoms with Gasteiger partial charge in [-0.2, -0.15) is 0 Å². The largest absolute Gasteiger partial charge is 0.353 e. The zero-order chi connectivity index (χ0) is 12.6. The van der Waals surface area contributed by atoms with Crippen molar-refractivity contribution in [3.63, 3.8) is 0 Å². The Bertz CT molecular complexity index is 258. The number of nitrogens with one attached hydrogen (secondary N) is 1. The standard InChI is InChI=1S/C12H22N2O2/c1-10(2)6-5-9-13-11(15)7-8-12(16)14(3)4/h5-6,10H,7-9H2,1-4H3,(H,13,15)/b6-5+. The summed E-state index contributed by atoms with van der Waals surface area (Å²) in [4.78, 5) is 24.0. The lowest BCUT2D eigenvalue weighted by atomic mass is 10.2. The number of allylic oxidation sites excluding steroid dienone is 1. The normalized spacial score (nSPS) is 10.8. The van der Waals surface area contributed by atoms with E-state index in [0.29, 0.717) is 12.5 Å². The topological polar surface area (TPSA) is 49.4 Å². The molecule has 4 heteroatoms. The molecule has 2 amide bonds. The Morgan fingerprint density at radius 1 is 1.25 bits per heavy atom. The second-order valence-corrected chi connectivity index (χ2v) is 4.26. The van der Waals surface area contributed by atoms with Crippen LogP contribution in [0.5, 0.6) is 0 Å². The van der Waals surface area contributed by atoms with Crippen LogP contribution in [-0.2, 0) is 9.59 Å². The van der Waals surface area contributed by atoms with Gasteiger partial charge in [-0.25, -0.2) is 0 Å². The Morgan fingerprint density at radius 2 is 1.88 bits per heavy atom. The molecule has 1 N–H and O–H groups in total. The molecule has 0 rings (SSSR count). The van der Waals surface area contributed by atoms with Gasteiger partial charge in [-0.1, -0.05) is 26.0 Å². The minimum absolute atomic E-state index is 0.0205. The predicted molar refractivity (Wildman–Crippen MR) is 64.9 cm³/mol. The summed E-state index contributed by atoms with van der Waals surface area (Å²) in [6, 6.07) is 0. The number of hydrogen-bond acceptors (Lipinski definition) is 2. The molecular formula is C12H22N2O2. The maximum Gasteiger partial charge on any atom is 0.222 e. The Balaban J connectivity index is 3.64. The second-order valence-electron chi connectivity index (χ2n) is 4.26. The molecule has 0 unspecified atom stereocenters. The van der Waals surface area contributed by atoms with Gasteiger partial charge in [0.15, 0.2) is 0 Å². The van der Waals surface area contributed by atoms with Gasteiger partial charge in [0, 0.05) is 33.5 Å². The van der Waals surface area contributed by atoms with Crippen LogP contribution >= 0.6 is 0 Å². The van der Waals surface area contributed by atoms with Crippen LogP contribution in [0.2, 0.25) is 0 Å². The first-order valence-corrected chi connectivity index (χ1v) is 5.57. The molecule has 0 aromatic heterocycles. The number of amides is 2. The summed E-state index contributed by atoms with van der Waals surface area (Å²) in [5, 5.41) is 2.74. The molecule has 0 spiro atoms. The molecule has 0 fully saturated rings. The van der Waals surface area contributed by atoms with Crippen molar-refractivity contribution in [2.75, 3.05) is 20.6 Å². The Kier molecular flexibility index (Phi) is 7.25. The minimum Gasteiger partial charge on any atom is -0.353 e. The van der Waals surface area contributed by atoms with Crippen molar-refractivity contribution in [3.05, 3.63) is 12.2 Å². The van der Waals surface area contributed by atoms with Crippen molar-refractivity contribution < 1.29 is 9.59 Å². The molecule has 0 aromatic carbocycles. The fraction of sp³-hybridized carbons (Fsp3) is 0.667. The maximum atomic E-state index is 11.3. The number of hydrogen-bond donors (Lipinski definition) is 1. The van der Waals surface area contributed by atoms with Gasteiger partial charge in [-0.15, -0.1) is 0 Å². The predicted octanol–water partition coefficient (Wildman–Crippen LogP) is 1.18. The van der Waals surface area contributed by atoms with Crippen LogP contribution in [0, 0.1) is 5.92 Å². The molecule has 0 saturated heterocycles. The Morgan fingerprint density at radius 3 is 2.38 bits per heavy atom. The molecule has 0 atom stereocenters. The third kappa shape index (κ3) is 8.03. The van der Waals surface area contributed by atoms with Crippen LogP contribution < -0.4 is 5.32 Å². The molecule has 0 saturated carbocycles. The van der Waals surface area contributed by atoms with Crippen molar-refractivity contribution in [2.45, 2.75) is 26.7 Å². The fourth-order valence-electron chi connectivity index (χ4n) is 1.05. The van der Waals surface area contributed by atoms with Gasteiger partial charge in [0.2, 0.25) is 11.8 Å². The van der Waals surface area contributed by atoms with E-state index in [-0.39, 0.29) is 24.7 Å². The van der Waals surface area contributed by atoms with Gasteiger partial charge in [0.1, 0.15) is 0 Å². The first-order chi connectivity index (χ1) is 7.43. The summed E-state index contributed by atoms with van der Waals surface area (Å²) in [6.07, 6.45) is 4.49. The molecule has 92 valence electrons. The van der Waals surface area contributed by atoms with Crippen LogP contribution in [-0.4, -0.2) is 37.4 Å². The zero-order valence-electron chi connectivity index (χ0n) is 10.6. The highest BCUT2D eigenvalue weighted by Crippen LogP contribution is 1.94. The first-order valence-electron chi connectivity index (χ1n) is 5.57. The zero-order valence-corrected chi connectivity index (χ0v) is 10.6. The van der Waals surface area contributed by atoms with E-state index in [1.165, 1.54) is 4.90 Å². The molecular weight excluding hydrogens is 204 g/mol. The SMILES string of the molecule is CC(C)/C=C/CNC(=O)CCC(=O)N(C)C. The molecule has 0 aliphatic rings. The fourth-order valence-corrected chi connectivity index (χ4v) is 1.05. The summed E-state index contributed by atoms with van der Waals surface area (Å²) in [5.41, 5.74) is 0. The summed E-state index contributed by atoms with van der Waals surface area (Å²) in [7, 11) is 3.37. The van der Waals surface area contributed by atoms with Crippen LogP contribution in [0.15, 0.2) is 12.2 Å². The number of carbonyl (C=O) groups is 2.